The summed E-state index contributed by atoms with van der Waals surface area (Å²) >= 11 is 1.43. The number of carboxylic acids is 1. The Bertz CT molecular complexity index is 796. The molecule has 0 unspecified atom stereocenters. The van der Waals surface area contributed by atoms with Gasteiger partial charge in [0.15, 0.2) is 0 Å². The van der Waals surface area contributed by atoms with Crippen LogP contribution in [0.3, 0.4) is 0 Å². The van der Waals surface area contributed by atoms with Gasteiger partial charge in [0.1, 0.15) is 12.4 Å². The Morgan fingerprint density at radius 1 is 1.23 bits per heavy atom. The smallest absolute Gasteiger partial charge is 0.313 e. The van der Waals surface area contributed by atoms with Crippen LogP contribution in [0, 0.1) is 10.1 Å². The van der Waals surface area contributed by atoms with Crippen LogP contribution in [0.25, 0.3) is 10.8 Å². The van der Waals surface area contributed by atoms with Crippen molar-refractivity contribution in [3.63, 3.8) is 0 Å². The van der Waals surface area contributed by atoms with Crippen molar-refractivity contribution in [2.75, 3.05) is 25.2 Å². The number of hydrogen-bond donors (Lipinski definition) is 1. The van der Waals surface area contributed by atoms with Crippen molar-refractivity contribution in [2.45, 2.75) is 18.8 Å². The van der Waals surface area contributed by atoms with Gasteiger partial charge < -0.3 is 14.7 Å². The molecule has 0 aromatic heterocycles. The number of hydrogen-bond acceptors (Lipinski definition) is 6. The minimum Gasteiger partial charge on any atom is -0.497 e. The van der Waals surface area contributed by atoms with Gasteiger partial charge in [-0.25, -0.2) is 0 Å². The van der Waals surface area contributed by atoms with E-state index in [0.29, 0.717) is 17.9 Å². The Hall–Kier alpha value is -2.48. The van der Waals surface area contributed by atoms with E-state index in [1.54, 1.807) is 14.0 Å². The summed E-state index contributed by atoms with van der Waals surface area (Å²) in [5.41, 5.74) is -0.310. The van der Waals surface area contributed by atoms with Crippen LogP contribution in [0.2, 0.25) is 0 Å². The normalized spacial score (nSPS) is 13.2. The van der Waals surface area contributed by atoms with Crippen molar-refractivity contribution in [3.05, 3.63) is 52.1 Å². The first-order valence-electron chi connectivity index (χ1n) is 8.03. The number of carbonyl (C=O) groups is 1. The Kier molecular flexibility index (Phi) is 6.68. The van der Waals surface area contributed by atoms with Gasteiger partial charge in [0, 0.05) is 5.75 Å². The molecule has 0 spiro atoms. The zero-order chi connectivity index (χ0) is 19.2. The molecule has 2 aromatic rings. The summed E-state index contributed by atoms with van der Waals surface area (Å²) < 4.78 is 5.21. The van der Waals surface area contributed by atoms with Crippen LogP contribution >= 0.6 is 11.8 Å². The van der Waals surface area contributed by atoms with E-state index in [2.05, 4.69) is 4.84 Å². The van der Waals surface area contributed by atoms with E-state index < -0.39 is 16.5 Å². The number of ether oxygens (including phenoxy) is 1. The Morgan fingerprint density at radius 3 is 2.58 bits per heavy atom. The van der Waals surface area contributed by atoms with Crippen molar-refractivity contribution < 1.29 is 24.6 Å². The van der Waals surface area contributed by atoms with Crippen molar-refractivity contribution in [1.29, 1.82) is 0 Å². The molecule has 1 N–H and O–H groups in total. The highest BCUT2D eigenvalue weighted by atomic mass is 32.2. The van der Waals surface area contributed by atoms with Crippen LogP contribution in [0.1, 0.15) is 18.9 Å². The molecule has 0 fully saturated rings. The minimum atomic E-state index is -1.04. The largest absolute Gasteiger partial charge is 0.497 e. The van der Waals surface area contributed by atoms with Crippen LogP contribution in [0.15, 0.2) is 36.4 Å². The molecule has 2 rings (SSSR count). The molecule has 7 nitrogen and oxygen atoms in total. The fourth-order valence-corrected chi connectivity index (χ4v) is 3.57. The number of carboxylic acid groups (broad SMARTS) is 1. The second kappa shape index (κ2) is 8.75. The third-order valence-corrected chi connectivity index (χ3v) is 5.28. The molecule has 0 amide bonds. The van der Waals surface area contributed by atoms with Crippen LogP contribution in [0.4, 0.5) is 0 Å². The fraction of sp³-hybridized carbons (Fsp3) is 0.389. The van der Waals surface area contributed by atoms with E-state index in [1.807, 2.05) is 36.4 Å². The Balaban J connectivity index is 2.11. The molecule has 140 valence electrons. The third kappa shape index (κ3) is 4.78. The number of fused-ring (bicyclic) bond motifs is 1. The predicted octanol–water partition coefficient (Wildman–Crippen LogP) is 3.52. The van der Waals surface area contributed by atoms with Crippen LogP contribution in [-0.4, -0.2) is 41.4 Å². The highest BCUT2D eigenvalue weighted by Gasteiger charge is 2.34. The Labute approximate surface area is 155 Å². The minimum absolute atomic E-state index is 0.000734. The molecule has 0 saturated heterocycles. The lowest BCUT2D eigenvalue weighted by molar-refractivity contribution is -0.756. The van der Waals surface area contributed by atoms with E-state index in [9.17, 15) is 20.0 Å². The van der Waals surface area contributed by atoms with Crippen molar-refractivity contribution >= 4 is 28.5 Å². The van der Waals surface area contributed by atoms with Gasteiger partial charge in [0.05, 0.1) is 12.5 Å². The molecule has 8 heteroatoms. The number of rotatable bonds is 10. The van der Waals surface area contributed by atoms with Gasteiger partial charge in [-0.1, -0.05) is 24.3 Å². The summed E-state index contributed by atoms with van der Waals surface area (Å²) in [5.74, 6) is 0.853. The van der Waals surface area contributed by atoms with Crippen molar-refractivity contribution in [1.82, 2.24) is 0 Å². The highest BCUT2D eigenvalue weighted by molar-refractivity contribution is 7.99. The van der Waals surface area contributed by atoms with Crippen LogP contribution in [-0.2, 0) is 15.0 Å². The van der Waals surface area contributed by atoms with Crippen molar-refractivity contribution in [2.24, 2.45) is 0 Å². The molecule has 0 aliphatic heterocycles. The van der Waals surface area contributed by atoms with Gasteiger partial charge >= 0.3 is 5.97 Å². The average molecular weight is 379 g/mol. The van der Waals surface area contributed by atoms with E-state index >= 15 is 0 Å². The molecule has 0 saturated carbocycles. The molecule has 0 heterocycles. The van der Waals surface area contributed by atoms with Gasteiger partial charge in [-0.2, -0.15) is 11.8 Å². The van der Waals surface area contributed by atoms with Crippen LogP contribution in [0.5, 0.6) is 5.75 Å². The standard InChI is InChI=1S/C18H21NO6S/c1-18(17(20)21,7-9-26-10-8-25-19(22)23)15-5-3-14-12-16(24-2)6-4-13(14)11-15/h3-6,11-12H,7-10H2,1-2H3,(H,20,21)/t18-/m0/s1. The number of nitrogens with zero attached hydrogens (tertiary/aromatic N) is 1. The quantitative estimate of drug-likeness (QED) is 0.383. The van der Waals surface area contributed by atoms with Crippen molar-refractivity contribution in [3.8, 4) is 5.75 Å². The summed E-state index contributed by atoms with van der Waals surface area (Å²) in [6.45, 7) is 1.70. The van der Waals surface area contributed by atoms with E-state index in [-0.39, 0.29) is 6.61 Å². The third-order valence-electron chi connectivity index (χ3n) is 4.33. The first-order chi connectivity index (χ1) is 12.4. The molecule has 2 aromatic carbocycles. The number of aliphatic carboxylic acids is 1. The molecule has 0 bridgehead atoms. The fourth-order valence-electron chi connectivity index (χ4n) is 2.62. The molecule has 0 aliphatic rings. The molecule has 0 radical (unpaired) electrons. The van der Waals surface area contributed by atoms with Gasteiger partial charge in [-0.05, 0) is 47.6 Å². The lowest BCUT2D eigenvalue weighted by Crippen LogP contribution is -2.33. The summed E-state index contributed by atoms with van der Waals surface area (Å²) in [7, 11) is 1.60. The first kappa shape index (κ1) is 19.8. The topological polar surface area (TPSA) is 98.9 Å². The van der Waals surface area contributed by atoms with Gasteiger partial charge in [0.25, 0.3) is 5.09 Å². The molecular weight excluding hydrogens is 358 g/mol. The molecule has 26 heavy (non-hydrogen) atoms. The Morgan fingerprint density at radius 2 is 1.92 bits per heavy atom. The van der Waals surface area contributed by atoms with Gasteiger partial charge in [-0.15, -0.1) is 10.1 Å². The lowest BCUT2D eigenvalue weighted by atomic mass is 9.79. The van der Waals surface area contributed by atoms with E-state index in [0.717, 1.165) is 22.1 Å². The van der Waals surface area contributed by atoms with Crippen LogP contribution < -0.4 is 4.74 Å². The second-order valence-corrected chi connectivity index (χ2v) is 7.21. The summed E-state index contributed by atoms with van der Waals surface area (Å²) in [6.07, 6.45) is 0.410. The predicted molar refractivity (Wildman–Crippen MR) is 100 cm³/mol. The number of benzene rings is 2. The van der Waals surface area contributed by atoms with Gasteiger partial charge in [-0.3, -0.25) is 4.79 Å². The number of thioether (sulfide) groups is 1. The maximum absolute atomic E-state index is 11.9. The van der Waals surface area contributed by atoms with E-state index in [4.69, 9.17) is 4.74 Å². The lowest BCUT2D eigenvalue weighted by Gasteiger charge is -2.25. The first-order valence-corrected chi connectivity index (χ1v) is 9.19. The summed E-state index contributed by atoms with van der Waals surface area (Å²) in [6, 6.07) is 11.3. The number of methoxy groups -OCH3 is 1. The zero-order valence-corrected chi connectivity index (χ0v) is 15.5. The monoisotopic (exact) mass is 379 g/mol. The second-order valence-electron chi connectivity index (χ2n) is 5.98. The molecule has 0 aliphatic carbocycles. The molecular formula is C18H21NO6S. The molecule has 1 atom stereocenters. The summed E-state index contributed by atoms with van der Waals surface area (Å²) in [5, 5.41) is 21.0. The average Bonchev–Trinajstić information content (AvgIpc) is 2.62. The van der Waals surface area contributed by atoms with E-state index in [1.165, 1.54) is 11.8 Å². The van der Waals surface area contributed by atoms with Gasteiger partial charge in [0.2, 0.25) is 0 Å². The summed E-state index contributed by atoms with van der Waals surface area (Å²) in [4.78, 5) is 26.3. The zero-order valence-electron chi connectivity index (χ0n) is 14.6. The maximum Gasteiger partial charge on any atom is 0.313 e. The maximum atomic E-state index is 11.9. The SMILES string of the molecule is COc1ccc2cc([C@](C)(CCSCCO[N+](=O)[O-])C(=O)O)ccc2c1. The highest BCUT2D eigenvalue weighted by Crippen LogP contribution is 2.32.